The van der Waals surface area contributed by atoms with Gasteiger partial charge in [-0.15, -0.1) is 0 Å². The molecule has 0 aliphatic carbocycles. The highest BCUT2D eigenvalue weighted by molar-refractivity contribution is 9.10. The maximum Gasteiger partial charge on any atom is 0.264 e. The Hall–Kier alpha value is -2.87. The molecule has 1 aliphatic heterocycles. The minimum Gasteiger partial charge on any atom is -0.497 e. The highest BCUT2D eigenvalue weighted by Crippen LogP contribution is 2.45. The summed E-state index contributed by atoms with van der Waals surface area (Å²) in [5.41, 5.74) is 0.00107. The highest BCUT2D eigenvalue weighted by atomic mass is 79.9. The van der Waals surface area contributed by atoms with E-state index in [1.165, 1.54) is 19.1 Å². The number of rotatable bonds is 7. The maximum absolute atomic E-state index is 13.5. The van der Waals surface area contributed by atoms with E-state index in [4.69, 9.17) is 21.1 Å². The zero-order valence-electron chi connectivity index (χ0n) is 18.0. The molecule has 33 heavy (non-hydrogen) atoms. The number of halogens is 2. The number of carbonyl (C=O) groups excluding carboxylic acids is 2. The van der Waals surface area contributed by atoms with Crippen molar-refractivity contribution in [2.75, 3.05) is 19.1 Å². The average Bonchev–Trinajstić information content (AvgIpc) is 3.01. The molecule has 0 bridgehead atoms. The number of ketones is 1. The van der Waals surface area contributed by atoms with Gasteiger partial charge >= 0.3 is 0 Å². The fourth-order valence-corrected chi connectivity index (χ4v) is 4.47. The van der Waals surface area contributed by atoms with Crippen LogP contribution in [0.5, 0.6) is 11.5 Å². The Bertz CT molecular complexity index is 1230. The fourth-order valence-electron chi connectivity index (χ4n) is 3.98. The van der Waals surface area contributed by atoms with E-state index in [2.05, 4.69) is 15.9 Å². The van der Waals surface area contributed by atoms with Crippen LogP contribution in [0.4, 0.5) is 5.69 Å². The van der Waals surface area contributed by atoms with Gasteiger partial charge in [0, 0.05) is 21.1 Å². The molecule has 1 heterocycles. The van der Waals surface area contributed by atoms with E-state index in [0.29, 0.717) is 32.2 Å². The van der Waals surface area contributed by atoms with Gasteiger partial charge in [-0.05, 0) is 48.0 Å². The van der Waals surface area contributed by atoms with Gasteiger partial charge in [0.1, 0.15) is 11.5 Å². The SMILES string of the molecule is COc1ccc(C(=O)CC2(O)C(=O)N(Cc3ccc(Cl)cc3)c3ccc(Br)cc32)c(OC)c1. The van der Waals surface area contributed by atoms with Gasteiger partial charge in [-0.3, -0.25) is 9.59 Å². The molecule has 0 saturated heterocycles. The summed E-state index contributed by atoms with van der Waals surface area (Å²) in [6.07, 6.45) is -0.435. The predicted molar refractivity (Wildman–Crippen MR) is 129 cm³/mol. The van der Waals surface area contributed by atoms with Gasteiger partial charge in [0.05, 0.1) is 38.4 Å². The van der Waals surface area contributed by atoms with E-state index in [1.54, 1.807) is 48.5 Å². The largest absolute Gasteiger partial charge is 0.497 e. The molecule has 0 radical (unpaired) electrons. The maximum atomic E-state index is 13.5. The van der Waals surface area contributed by atoms with Crippen LogP contribution >= 0.6 is 27.5 Å². The monoisotopic (exact) mass is 529 g/mol. The lowest BCUT2D eigenvalue weighted by atomic mass is 9.88. The number of aliphatic hydroxyl groups is 1. The molecule has 0 fully saturated rings. The van der Waals surface area contributed by atoms with Gasteiger partial charge in [0.25, 0.3) is 5.91 Å². The molecule has 1 amide bonds. The van der Waals surface area contributed by atoms with Crippen molar-refractivity contribution in [1.82, 2.24) is 0 Å². The molecule has 6 nitrogen and oxygen atoms in total. The molecule has 0 spiro atoms. The molecule has 3 aromatic rings. The number of Topliss-reactive ketones (excluding diaryl/α,β-unsaturated/α-hetero) is 1. The molecular weight excluding hydrogens is 510 g/mol. The lowest BCUT2D eigenvalue weighted by Crippen LogP contribution is -2.41. The Labute approximate surface area is 204 Å². The van der Waals surface area contributed by atoms with Gasteiger partial charge in [-0.1, -0.05) is 39.7 Å². The summed E-state index contributed by atoms with van der Waals surface area (Å²) in [5, 5.41) is 12.2. The number of carbonyl (C=O) groups is 2. The summed E-state index contributed by atoms with van der Waals surface area (Å²) in [6, 6.07) is 17.1. The second kappa shape index (κ2) is 9.17. The molecule has 0 saturated carbocycles. The van der Waals surface area contributed by atoms with Gasteiger partial charge in [-0.2, -0.15) is 0 Å². The lowest BCUT2D eigenvalue weighted by molar-refractivity contribution is -0.136. The summed E-state index contributed by atoms with van der Waals surface area (Å²) in [7, 11) is 2.96. The van der Waals surface area contributed by atoms with E-state index in [0.717, 1.165) is 5.56 Å². The first kappa shape index (κ1) is 23.3. The Morgan fingerprint density at radius 2 is 1.79 bits per heavy atom. The van der Waals surface area contributed by atoms with Crippen molar-refractivity contribution in [2.24, 2.45) is 0 Å². The molecule has 1 unspecified atom stereocenters. The van der Waals surface area contributed by atoms with Gasteiger partial charge in [0.2, 0.25) is 0 Å². The standard InChI is InChI=1S/C25H21BrClNO5/c1-32-18-8-9-19(23(12-18)33-2)22(29)13-25(31)20-11-16(26)5-10-21(20)28(24(25)30)14-15-3-6-17(27)7-4-15/h3-12,31H,13-14H2,1-2H3. The number of anilines is 1. The molecule has 4 rings (SSSR count). The van der Waals surface area contributed by atoms with Crippen molar-refractivity contribution in [1.29, 1.82) is 0 Å². The van der Waals surface area contributed by atoms with E-state index >= 15 is 0 Å². The minimum atomic E-state index is -2.02. The summed E-state index contributed by atoms with van der Waals surface area (Å²) >= 11 is 9.39. The average molecular weight is 531 g/mol. The van der Waals surface area contributed by atoms with Crippen LogP contribution in [0.3, 0.4) is 0 Å². The Morgan fingerprint density at radius 1 is 1.06 bits per heavy atom. The van der Waals surface area contributed by atoms with Crippen LogP contribution in [0.2, 0.25) is 5.02 Å². The predicted octanol–water partition coefficient (Wildman–Crippen LogP) is 5.13. The minimum absolute atomic E-state index is 0.229. The summed E-state index contributed by atoms with van der Waals surface area (Å²) in [4.78, 5) is 28.3. The van der Waals surface area contributed by atoms with Crippen molar-refractivity contribution in [2.45, 2.75) is 18.6 Å². The number of hydrogen-bond acceptors (Lipinski definition) is 5. The second-order valence-corrected chi connectivity index (χ2v) is 9.06. The second-order valence-electron chi connectivity index (χ2n) is 7.71. The van der Waals surface area contributed by atoms with Crippen molar-refractivity contribution < 1.29 is 24.2 Å². The number of hydrogen-bond donors (Lipinski definition) is 1. The number of amides is 1. The van der Waals surface area contributed by atoms with Crippen molar-refractivity contribution in [3.05, 3.63) is 86.8 Å². The number of fused-ring (bicyclic) bond motifs is 1. The lowest BCUT2D eigenvalue weighted by Gasteiger charge is -2.23. The molecule has 170 valence electrons. The summed E-state index contributed by atoms with van der Waals surface area (Å²) in [5.74, 6) is -0.153. The van der Waals surface area contributed by atoms with Gasteiger partial charge < -0.3 is 19.5 Å². The molecule has 1 atom stereocenters. The van der Waals surface area contributed by atoms with Gasteiger partial charge in [-0.25, -0.2) is 0 Å². The van der Waals surface area contributed by atoms with Crippen LogP contribution in [-0.4, -0.2) is 31.0 Å². The van der Waals surface area contributed by atoms with E-state index in [1.807, 2.05) is 12.1 Å². The first-order valence-corrected chi connectivity index (χ1v) is 11.3. The molecule has 8 heteroatoms. The van der Waals surface area contributed by atoms with Crippen LogP contribution in [-0.2, 0) is 16.9 Å². The van der Waals surface area contributed by atoms with Crippen molar-refractivity contribution >= 4 is 44.9 Å². The van der Waals surface area contributed by atoms with Crippen LogP contribution < -0.4 is 14.4 Å². The smallest absolute Gasteiger partial charge is 0.264 e. The Morgan fingerprint density at radius 3 is 2.45 bits per heavy atom. The van der Waals surface area contributed by atoms with Crippen molar-refractivity contribution in [3.63, 3.8) is 0 Å². The normalized spacial score (nSPS) is 17.1. The topological polar surface area (TPSA) is 76.1 Å². The molecular formula is C25H21BrClNO5. The first-order chi connectivity index (χ1) is 15.8. The fraction of sp³-hybridized carbons (Fsp3) is 0.200. The van der Waals surface area contributed by atoms with Crippen LogP contribution in [0.25, 0.3) is 0 Å². The molecule has 0 aromatic heterocycles. The van der Waals surface area contributed by atoms with E-state index in [-0.39, 0.29) is 12.1 Å². The van der Waals surface area contributed by atoms with Crippen LogP contribution in [0, 0.1) is 0 Å². The summed E-state index contributed by atoms with van der Waals surface area (Å²) in [6.45, 7) is 0.229. The third kappa shape index (κ3) is 4.36. The number of methoxy groups -OCH3 is 2. The third-order valence-corrected chi connectivity index (χ3v) is 6.42. The number of ether oxygens (including phenoxy) is 2. The summed E-state index contributed by atoms with van der Waals surface area (Å²) < 4.78 is 11.2. The van der Waals surface area contributed by atoms with Gasteiger partial charge in [0.15, 0.2) is 11.4 Å². The van der Waals surface area contributed by atoms with Crippen LogP contribution in [0.15, 0.2) is 65.1 Å². The first-order valence-electron chi connectivity index (χ1n) is 10.1. The van der Waals surface area contributed by atoms with Crippen LogP contribution in [0.1, 0.15) is 27.9 Å². The number of nitrogens with zero attached hydrogens (tertiary/aromatic N) is 1. The third-order valence-electron chi connectivity index (χ3n) is 5.67. The van der Waals surface area contributed by atoms with E-state index in [9.17, 15) is 14.7 Å². The van der Waals surface area contributed by atoms with Crippen molar-refractivity contribution in [3.8, 4) is 11.5 Å². The molecule has 3 aromatic carbocycles. The molecule has 1 aliphatic rings. The Kier molecular flexibility index (Phi) is 6.47. The number of benzene rings is 3. The zero-order valence-corrected chi connectivity index (χ0v) is 20.3. The zero-order chi connectivity index (χ0) is 23.8. The molecule has 1 N–H and O–H groups in total. The quantitative estimate of drug-likeness (QED) is 0.429. The van der Waals surface area contributed by atoms with E-state index < -0.39 is 23.7 Å². The Balaban J connectivity index is 1.70. The highest BCUT2D eigenvalue weighted by Gasteiger charge is 2.51.